The zero-order valence-electron chi connectivity index (χ0n) is 11.3. The van der Waals surface area contributed by atoms with Gasteiger partial charge >= 0.3 is 0 Å². The van der Waals surface area contributed by atoms with Crippen LogP contribution in [0.5, 0.6) is 0 Å². The van der Waals surface area contributed by atoms with Gasteiger partial charge < -0.3 is 15.0 Å². The Bertz CT molecular complexity index is 530. The van der Waals surface area contributed by atoms with Gasteiger partial charge in [-0.2, -0.15) is 0 Å². The summed E-state index contributed by atoms with van der Waals surface area (Å²) in [6.07, 6.45) is 1.19. The summed E-state index contributed by atoms with van der Waals surface area (Å²) in [5.74, 6) is -0.103. The molecule has 1 aromatic carbocycles. The molecule has 1 atom stereocenters. The molecule has 0 bridgehead atoms. The molecule has 2 amide bonds. The van der Waals surface area contributed by atoms with E-state index in [1.807, 2.05) is 12.1 Å². The average Bonchev–Trinajstić information content (AvgIpc) is 2.63. The summed E-state index contributed by atoms with van der Waals surface area (Å²) in [5.41, 5.74) is 2.45. The van der Waals surface area contributed by atoms with Crippen LogP contribution in [0.3, 0.4) is 0 Å². The summed E-state index contributed by atoms with van der Waals surface area (Å²) in [6.45, 7) is 1.76. The molecule has 20 heavy (non-hydrogen) atoms. The second-order valence-electron chi connectivity index (χ2n) is 5.17. The van der Waals surface area contributed by atoms with Gasteiger partial charge in [0.1, 0.15) is 6.10 Å². The van der Waals surface area contributed by atoms with E-state index in [1.165, 1.54) is 5.56 Å². The Morgan fingerprint density at radius 3 is 3.00 bits per heavy atom. The summed E-state index contributed by atoms with van der Waals surface area (Å²) >= 11 is 0. The Balaban J connectivity index is 1.75. The highest BCUT2D eigenvalue weighted by atomic mass is 16.5. The summed E-state index contributed by atoms with van der Waals surface area (Å²) in [7, 11) is 0. The second-order valence-corrected chi connectivity index (χ2v) is 5.17. The van der Waals surface area contributed by atoms with Crippen molar-refractivity contribution in [2.75, 3.05) is 26.2 Å². The first-order valence-electron chi connectivity index (χ1n) is 6.98. The lowest BCUT2D eigenvalue weighted by atomic mass is 9.97. The zero-order chi connectivity index (χ0) is 13.9. The highest BCUT2D eigenvalue weighted by molar-refractivity contribution is 5.87. The number of fused-ring (bicyclic) bond motifs is 1. The van der Waals surface area contributed by atoms with Crippen molar-refractivity contribution in [3.63, 3.8) is 0 Å². The van der Waals surface area contributed by atoms with Crippen LogP contribution in [0.1, 0.15) is 23.7 Å². The summed E-state index contributed by atoms with van der Waals surface area (Å²) < 4.78 is 5.82. The van der Waals surface area contributed by atoms with Crippen molar-refractivity contribution in [3.05, 3.63) is 35.4 Å². The molecule has 1 aromatic rings. The van der Waals surface area contributed by atoms with E-state index in [-0.39, 0.29) is 24.5 Å². The summed E-state index contributed by atoms with van der Waals surface area (Å²) in [6, 6.07) is 8.20. The lowest BCUT2D eigenvalue weighted by molar-refractivity contribution is -0.132. The van der Waals surface area contributed by atoms with Gasteiger partial charge in [0.2, 0.25) is 11.8 Å². The fourth-order valence-corrected chi connectivity index (χ4v) is 2.76. The molecular weight excluding hydrogens is 256 g/mol. The molecule has 0 aliphatic carbocycles. The lowest BCUT2D eigenvalue weighted by Crippen LogP contribution is -2.39. The number of amides is 2. The van der Waals surface area contributed by atoms with E-state index < -0.39 is 0 Å². The topological polar surface area (TPSA) is 58.6 Å². The molecule has 0 aromatic heterocycles. The molecule has 106 valence electrons. The number of hydrogen-bond acceptors (Lipinski definition) is 3. The highest BCUT2D eigenvalue weighted by Gasteiger charge is 2.27. The first-order valence-corrected chi connectivity index (χ1v) is 6.98. The Labute approximate surface area is 117 Å². The molecule has 1 fully saturated rings. The third-order valence-corrected chi connectivity index (χ3v) is 3.88. The number of nitrogens with zero attached hydrogens (tertiary/aromatic N) is 1. The van der Waals surface area contributed by atoms with Gasteiger partial charge in [-0.1, -0.05) is 24.3 Å². The Hall–Kier alpha value is -1.88. The predicted molar refractivity (Wildman–Crippen MR) is 73.0 cm³/mol. The Morgan fingerprint density at radius 2 is 2.10 bits per heavy atom. The van der Waals surface area contributed by atoms with Gasteiger partial charge in [0.05, 0.1) is 19.7 Å². The first-order chi connectivity index (χ1) is 9.74. The number of ether oxygens (including phenoxy) is 1. The van der Waals surface area contributed by atoms with E-state index in [2.05, 4.69) is 17.4 Å². The van der Waals surface area contributed by atoms with E-state index in [1.54, 1.807) is 4.90 Å². The van der Waals surface area contributed by atoms with Crippen LogP contribution in [0.2, 0.25) is 0 Å². The zero-order valence-corrected chi connectivity index (χ0v) is 11.3. The van der Waals surface area contributed by atoms with Crippen LogP contribution in [0.4, 0.5) is 0 Å². The third kappa shape index (κ3) is 2.67. The smallest absolute Gasteiger partial charge is 0.242 e. The second kappa shape index (κ2) is 5.63. The molecule has 0 saturated carbocycles. The third-order valence-electron chi connectivity index (χ3n) is 3.88. The molecule has 3 rings (SSSR count). The monoisotopic (exact) mass is 274 g/mol. The largest absolute Gasteiger partial charge is 0.371 e. The molecule has 2 aliphatic rings. The number of benzene rings is 1. The van der Waals surface area contributed by atoms with Crippen LogP contribution < -0.4 is 5.32 Å². The van der Waals surface area contributed by atoms with Crippen LogP contribution in [0.15, 0.2) is 24.3 Å². The maximum atomic E-state index is 12.0. The number of nitrogens with one attached hydrogen (secondary N) is 1. The number of carbonyl (C=O) groups excluding carboxylic acids is 2. The van der Waals surface area contributed by atoms with Gasteiger partial charge in [-0.3, -0.25) is 9.59 Å². The molecule has 2 aliphatic heterocycles. The maximum absolute atomic E-state index is 12.0. The standard InChI is InChI=1S/C15H18N2O3/c18-14-5-7-17(15(19)9-16-14)10-13-12-4-2-1-3-11(12)6-8-20-13/h1-4,13H,5-10H2,(H,16,18). The van der Waals surface area contributed by atoms with Gasteiger partial charge in [0.25, 0.3) is 0 Å². The van der Waals surface area contributed by atoms with Gasteiger partial charge in [0, 0.05) is 13.0 Å². The van der Waals surface area contributed by atoms with Crippen molar-refractivity contribution in [1.29, 1.82) is 0 Å². The number of rotatable bonds is 2. The van der Waals surface area contributed by atoms with Crippen molar-refractivity contribution in [2.45, 2.75) is 18.9 Å². The van der Waals surface area contributed by atoms with Gasteiger partial charge in [-0.25, -0.2) is 0 Å². The molecule has 0 radical (unpaired) electrons. The highest BCUT2D eigenvalue weighted by Crippen LogP contribution is 2.27. The Kier molecular flexibility index (Phi) is 3.69. The SMILES string of the molecule is O=C1CCN(CC2OCCc3ccccc32)C(=O)CN1. The summed E-state index contributed by atoms with van der Waals surface area (Å²) in [5, 5.41) is 2.61. The van der Waals surface area contributed by atoms with Crippen LogP contribution >= 0.6 is 0 Å². The van der Waals surface area contributed by atoms with Gasteiger partial charge in [-0.15, -0.1) is 0 Å². The Morgan fingerprint density at radius 1 is 1.25 bits per heavy atom. The average molecular weight is 274 g/mol. The van der Waals surface area contributed by atoms with Crippen LogP contribution in [-0.4, -0.2) is 43.0 Å². The molecule has 1 saturated heterocycles. The minimum atomic E-state index is -0.0860. The number of carbonyl (C=O) groups is 2. The van der Waals surface area contributed by atoms with Crippen molar-refractivity contribution < 1.29 is 14.3 Å². The van der Waals surface area contributed by atoms with Crippen molar-refractivity contribution in [1.82, 2.24) is 10.2 Å². The van der Waals surface area contributed by atoms with E-state index in [4.69, 9.17) is 4.74 Å². The van der Waals surface area contributed by atoms with E-state index in [0.717, 1.165) is 12.0 Å². The molecule has 1 N–H and O–H groups in total. The lowest BCUT2D eigenvalue weighted by Gasteiger charge is -2.30. The molecule has 5 heteroatoms. The van der Waals surface area contributed by atoms with Crippen molar-refractivity contribution in [3.8, 4) is 0 Å². The van der Waals surface area contributed by atoms with Crippen LogP contribution in [-0.2, 0) is 20.7 Å². The quantitative estimate of drug-likeness (QED) is 0.861. The molecule has 5 nitrogen and oxygen atoms in total. The maximum Gasteiger partial charge on any atom is 0.242 e. The normalized spacial score (nSPS) is 23.0. The minimum absolute atomic E-state index is 0.0393. The molecular formula is C15H18N2O3. The van der Waals surface area contributed by atoms with E-state index in [9.17, 15) is 9.59 Å². The predicted octanol–water partition coefficient (Wildman–Crippen LogP) is 0.649. The molecule has 1 unspecified atom stereocenters. The van der Waals surface area contributed by atoms with Crippen LogP contribution in [0.25, 0.3) is 0 Å². The molecule has 0 spiro atoms. The number of hydrogen-bond donors (Lipinski definition) is 1. The van der Waals surface area contributed by atoms with E-state index in [0.29, 0.717) is 26.1 Å². The fourth-order valence-electron chi connectivity index (χ4n) is 2.76. The molecule has 2 heterocycles. The van der Waals surface area contributed by atoms with Crippen LogP contribution in [0, 0.1) is 0 Å². The van der Waals surface area contributed by atoms with E-state index >= 15 is 0 Å². The van der Waals surface area contributed by atoms with Crippen molar-refractivity contribution in [2.24, 2.45) is 0 Å². The minimum Gasteiger partial charge on any atom is -0.371 e. The van der Waals surface area contributed by atoms with Crippen molar-refractivity contribution >= 4 is 11.8 Å². The summed E-state index contributed by atoms with van der Waals surface area (Å²) in [4.78, 5) is 25.1. The van der Waals surface area contributed by atoms with Gasteiger partial charge in [-0.05, 0) is 17.5 Å². The van der Waals surface area contributed by atoms with Gasteiger partial charge in [0.15, 0.2) is 0 Å². The fraction of sp³-hybridized carbons (Fsp3) is 0.467. The first kappa shape index (κ1) is 13.1.